The number of hydrogen-bond donors (Lipinski definition) is 2. The van der Waals surface area contributed by atoms with E-state index in [9.17, 15) is 5.11 Å². The molecule has 0 spiro atoms. The molecule has 2 N–H and O–H groups in total. The monoisotopic (exact) mass is 152 g/mol. The van der Waals surface area contributed by atoms with Gasteiger partial charge in [0.25, 0.3) is 0 Å². The molecule has 0 aliphatic carbocycles. The van der Waals surface area contributed by atoms with E-state index in [-0.39, 0.29) is 6.61 Å². The average molecular weight is 152 g/mol. The summed E-state index contributed by atoms with van der Waals surface area (Å²) >= 11 is 0. The van der Waals surface area contributed by atoms with E-state index in [0.717, 1.165) is 11.1 Å². The lowest BCUT2D eigenvalue weighted by Crippen LogP contribution is -2.01. The molecule has 1 rings (SSSR count). The van der Waals surface area contributed by atoms with Crippen LogP contribution >= 0.6 is 0 Å². The van der Waals surface area contributed by atoms with Crippen molar-refractivity contribution in [3.63, 3.8) is 0 Å². The average Bonchev–Trinajstić information content (AvgIpc) is 2.03. The standard InChI is InChI=1S/C9H12O2/c1-7-3-2-4-8(5-7)9(11)6-10/h2-5,9-11H,6H2,1H3/t9-/m0/s1. The second kappa shape index (κ2) is 3.51. The summed E-state index contributed by atoms with van der Waals surface area (Å²) in [5.41, 5.74) is 1.86. The predicted molar refractivity (Wildman–Crippen MR) is 43.2 cm³/mol. The molecule has 0 bridgehead atoms. The van der Waals surface area contributed by atoms with Crippen LogP contribution in [-0.4, -0.2) is 16.8 Å². The van der Waals surface area contributed by atoms with Crippen LogP contribution < -0.4 is 0 Å². The van der Waals surface area contributed by atoms with Gasteiger partial charge in [0.2, 0.25) is 0 Å². The van der Waals surface area contributed by atoms with E-state index >= 15 is 0 Å². The fourth-order valence-electron chi connectivity index (χ4n) is 0.983. The molecule has 2 nitrogen and oxygen atoms in total. The zero-order chi connectivity index (χ0) is 8.27. The van der Waals surface area contributed by atoms with E-state index in [1.54, 1.807) is 6.07 Å². The van der Waals surface area contributed by atoms with Crippen LogP contribution in [0.4, 0.5) is 0 Å². The summed E-state index contributed by atoms with van der Waals surface area (Å²) < 4.78 is 0. The minimum atomic E-state index is -0.741. The van der Waals surface area contributed by atoms with E-state index in [2.05, 4.69) is 0 Å². The Bertz CT molecular complexity index is 233. The van der Waals surface area contributed by atoms with Crippen LogP contribution in [0.2, 0.25) is 0 Å². The van der Waals surface area contributed by atoms with E-state index in [1.807, 2.05) is 25.1 Å². The number of aliphatic hydroxyl groups is 2. The molecule has 11 heavy (non-hydrogen) atoms. The van der Waals surface area contributed by atoms with Crippen LogP contribution in [0, 0.1) is 6.92 Å². The molecule has 0 unspecified atom stereocenters. The van der Waals surface area contributed by atoms with Crippen molar-refractivity contribution in [2.45, 2.75) is 13.0 Å². The molecule has 0 aromatic heterocycles. The summed E-state index contributed by atoms with van der Waals surface area (Å²) in [5.74, 6) is 0. The van der Waals surface area contributed by atoms with Crippen molar-refractivity contribution in [2.24, 2.45) is 0 Å². The molecule has 1 aromatic rings. The molecule has 0 fully saturated rings. The van der Waals surface area contributed by atoms with Crippen molar-refractivity contribution in [3.8, 4) is 0 Å². The lowest BCUT2D eigenvalue weighted by Gasteiger charge is -2.06. The zero-order valence-electron chi connectivity index (χ0n) is 6.49. The first-order valence-corrected chi connectivity index (χ1v) is 3.59. The molecule has 1 atom stereocenters. The third-order valence-corrected chi connectivity index (χ3v) is 1.60. The highest BCUT2D eigenvalue weighted by molar-refractivity contribution is 5.23. The Balaban J connectivity index is 2.86. The molecular weight excluding hydrogens is 140 g/mol. The zero-order valence-corrected chi connectivity index (χ0v) is 6.49. The van der Waals surface area contributed by atoms with Crippen molar-refractivity contribution in [1.82, 2.24) is 0 Å². The second-order valence-corrected chi connectivity index (χ2v) is 2.61. The Kier molecular flexibility index (Phi) is 2.63. The van der Waals surface area contributed by atoms with Gasteiger partial charge >= 0.3 is 0 Å². The smallest absolute Gasteiger partial charge is 0.102 e. The summed E-state index contributed by atoms with van der Waals surface area (Å²) in [6, 6.07) is 7.48. The first kappa shape index (κ1) is 8.24. The lowest BCUT2D eigenvalue weighted by atomic mass is 10.1. The van der Waals surface area contributed by atoms with Crippen LogP contribution in [-0.2, 0) is 0 Å². The molecule has 0 amide bonds. The second-order valence-electron chi connectivity index (χ2n) is 2.61. The molecule has 0 aliphatic heterocycles. The highest BCUT2D eigenvalue weighted by atomic mass is 16.3. The van der Waals surface area contributed by atoms with Gasteiger partial charge in [0.05, 0.1) is 6.61 Å². The molecule has 60 valence electrons. The summed E-state index contributed by atoms with van der Waals surface area (Å²) in [4.78, 5) is 0. The highest BCUT2D eigenvalue weighted by Gasteiger charge is 2.03. The van der Waals surface area contributed by atoms with E-state index in [0.29, 0.717) is 0 Å². The van der Waals surface area contributed by atoms with Crippen LogP contribution in [0.5, 0.6) is 0 Å². The predicted octanol–water partition coefficient (Wildman–Crippen LogP) is 1.02. The van der Waals surface area contributed by atoms with Gasteiger partial charge in [-0.05, 0) is 12.5 Å². The maximum Gasteiger partial charge on any atom is 0.102 e. The van der Waals surface area contributed by atoms with Gasteiger partial charge in [0.15, 0.2) is 0 Å². The first-order valence-electron chi connectivity index (χ1n) is 3.59. The Morgan fingerprint density at radius 1 is 1.45 bits per heavy atom. The van der Waals surface area contributed by atoms with E-state index in [1.165, 1.54) is 0 Å². The third kappa shape index (κ3) is 2.03. The van der Waals surface area contributed by atoms with Gasteiger partial charge < -0.3 is 10.2 Å². The van der Waals surface area contributed by atoms with E-state index in [4.69, 9.17) is 5.11 Å². The lowest BCUT2D eigenvalue weighted by molar-refractivity contribution is 0.0956. The fraction of sp³-hybridized carbons (Fsp3) is 0.333. The van der Waals surface area contributed by atoms with Crippen LogP contribution in [0.1, 0.15) is 17.2 Å². The fourth-order valence-corrected chi connectivity index (χ4v) is 0.983. The Morgan fingerprint density at radius 2 is 2.18 bits per heavy atom. The van der Waals surface area contributed by atoms with Crippen LogP contribution in [0.3, 0.4) is 0 Å². The van der Waals surface area contributed by atoms with Crippen molar-refractivity contribution >= 4 is 0 Å². The quantitative estimate of drug-likeness (QED) is 0.664. The van der Waals surface area contributed by atoms with Crippen LogP contribution in [0.15, 0.2) is 24.3 Å². The number of hydrogen-bond acceptors (Lipinski definition) is 2. The third-order valence-electron chi connectivity index (χ3n) is 1.60. The minimum absolute atomic E-state index is 0.219. The number of aliphatic hydroxyl groups excluding tert-OH is 2. The van der Waals surface area contributed by atoms with Crippen LogP contribution in [0.25, 0.3) is 0 Å². The number of aryl methyl sites for hydroxylation is 1. The van der Waals surface area contributed by atoms with Crippen molar-refractivity contribution in [1.29, 1.82) is 0 Å². The Hall–Kier alpha value is -0.860. The highest BCUT2D eigenvalue weighted by Crippen LogP contribution is 2.12. The number of rotatable bonds is 2. The van der Waals surface area contributed by atoms with Gasteiger partial charge in [-0.2, -0.15) is 0 Å². The largest absolute Gasteiger partial charge is 0.393 e. The molecule has 1 aromatic carbocycles. The maximum absolute atomic E-state index is 9.20. The Labute approximate surface area is 66.1 Å². The maximum atomic E-state index is 9.20. The van der Waals surface area contributed by atoms with Crippen molar-refractivity contribution < 1.29 is 10.2 Å². The van der Waals surface area contributed by atoms with Gasteiger partial charge in [0.1, 0.15) is 6.10 Å². The van der Waals surface area contributed by atoms with Gasteiger partial charge in [-0.3, -0.25) is 0 Å². The molecule has 0 radical (unpaired) electrons. The molecule has 2 heteroatoms. The van der Waals surface area contributed by atoms with Crippen molar-refractivity contribution in [2.75, 3.05) is 6.61 Å². The van der Waals surface area contributed by atoms with Gasteiger partial charge in [-0.25, -0.2) is 0 Å². The Morgan fingerprint density at radius 3 is 2.73 bits per heavy atom. The molecular formula is C9H12O2. The normalized spacial score (nSPS) is 13.0. The summed E-state index contributed by atoms with van der Waals surface area (Å²) in [6.07, 6.45) is -0.741. The van der Waals surface area contributed by atoms with Gasteiger partial charge in [-0.1, -0.05) is 29.8 Å². The molecule has 0 saturated heterocycles. The minimum Gasteiger partial charge on any atom is -0.393 e. The van der Waals surface area contributed by atoms with Gasteiger partial charge in [-0.15, -0.1) is 0 Å². The topological polar surface area (TPSA) is 40.5 Å². The van der Waals surface area contributed by atoms with E-state index < -0.39 is 6.10 Å². The summed E-state index contributed by atoms with van der Waals surface area (Å²) in [5, 5.41) is 17.8. The van der Waals surface area contributed by atoms with Gasteiger partial charge in [0, 0.05) is 0 Å². The SMILES string of the molecule is Cc1cccc([C@@H](O)CO)c1. The molecule has 0 heterocycles. The summed E-state index contributed by atoms with van der Waals surface area (Å²) in [6.45, 7) is 1.73. The molecule has 0 aliphatic rings. The summed E-state index contributed by atoms with van der Waals surface area (Å²) in [7, 11) is 0. The first-order chi connectivity index (χ1) is 5.24. The number of benzene rings is 1. The molecule has 0 saturated carbocycles. The van der Waals surface area contributed by atoms with Crippen molar-refractivity contribution in [3.05, 3.63) is 35.4 Å².